The van der Waals surface area contributed by atoms with Crippen LogP contribution in [0.5, 0.6) is 0 Å². The lowest BCUT2D eigenvalue weighted by molar-refractivity contribution is -0.384. The summed E-state index contributed by atoms with van der Waals surface area (Å²) in [5.74, 6) is -1.74. The Labute approximate surface area is 147 Å². The van der Waals surface area contributed by atoms with Crippen molar-refractivity contribution in [2.24, 2.45) is 5.10 Å². The average molecular weight is 352 g/mol. The SMILES string of the molecule is O=C(CN1C(=O)c2ccccc2C1=O)N/N=C\c1cccc([N+](=O)[O-])c1. The van der Waals surface area contributed by atoms with Gasteiger partial charge >= 0.3 is 0 Å². The van der Waals surface area contributed by atoms with E-state index in [1.807, 2.05) is 0 Å². The molecule has 130 valence electrons. The molecule has 0 spiro atoms. The summed E-state index contributed by atoms with van der Waals surface area (Å²) in [6, 6.07) is 12.0. The van der Waals surface area contributed by atoms with Gasteiger partial charge in [0.1, 0.15) is 6.54 Å². The number of nitrogens with zero attached hydrogens (tertiary/aromatic N) is 3. The van der Waals surface area contributed by atoms with E-state index < -0.39 is 29.2 Å². The maximum absolute atomic E-state index is 12.2. The normalized spacial score (nSPS) is 13.2. The van der Waals surface area contributed by atoms with Crippen LogP contribution in [0.1, 0.15) is 26.3 Å². The van der Waals surface area contributed by atoms with Gasteiger partial charge in [-0.25, -0.2) is 5.43 Å². The molecule has 0 unspecified atom stereocenters. The van der Waals surface area contributed by atoms with Crippen LogP contribution in [0.3, 0.4) is 0 Å². The zero-order chi connectivity index (χ0) is 18.7. The smallest absolute Gasteiger partial charge is 0.270 e. The molecule has 1 aliphatic heterocycles. The van der Waals surface area contributed by atoms with Crippen molar-refractivity contribution in [2.45, 2.75) is 0 Å². The van der Waals surface area contributed by atoms with Crippen molar-refractivity contribution in [3.63, 3.8) is 0 Å². The number of amides is 3. The van der Waals surface area contributed by atoms with Crippen molar-refractivity contribution in [1.82, 2.24) is 10.3 Å². The second-order valence-corrected chi connectivity index (χ2v) is 5.39. The lowest BCUT2D eigenvalue weighted by atomic mass is 10.1. The maximum atomic E-state index is 12.2. The van der Waals surface area contributed by atoms with Gasteiger partial charge in [-0.15, -0.1) is 0 Å². The van der Waals surface area contributed by atoms with Crippen LogP contribution in [0, 0.1) is 10.1 Å². The monoisotopic (exact) mass is 352 g/mol. The van der Waals surface area contributed by atoms with Gasteiger partial charge in [0.05, 0.1) is 22.3 Å². The molecular weight excluding hydrogens is 340 g/mol. The minimum Gasteiger partial charge on any atom is -0.271 e. The van der Waals surface area contributed by atoms with Crippen molar-refractivity contribution in [2.75, 3.05) is 6.54 Å². The van der Waals surface area contributed by atoms with Gasteiger partial charge in [0.25, 0.3) is 23.4 Å². The molecule has 2 aromatic carbocycles. The predicted molar refractivity (Wildman–Crippen MR) is 90.6 cm³/mol. The largest absolute Gasteiger partial charge is 0.271 e. The standard InChI is InChI=1S/C17H12N4O5/c22-15(19-18-9-11-4-3-5-12(8-11)21(25)26)10-20-16(23)13-6-1-2-7-14(13)17(20)24/h1-9H,10H2,(H,19,22)/b18-9-. The first-order valence-electron chi connectivity index (χ1n) is 7.49. The Bertz CT molecular complexity index is 919. The van der Waals surface area contributed by atoms with Crippen LogP contribution in [0.2, 0.25) is 0 Å². The van der Waals surface area contributed by atoms with Crippen molar-refractivity contribution in [1.29, 1.82) is 0 Å². The van der Waals surface area contributed by atoms with Gasteiger partial charge in [0.2, 0.25) is 0 Å². The first kappa shape index (κ1) is 17.0. The molecule has 0 saturated heterocycles. The summed E-state index contributed by atoms with van der Waals surface area (Å²) in [5, 5.41) is 14.4. The number of fused-ring (bicyclic) bond motifs is 1. The number of hydrogen-bond donors (Lipinski definition) is 1. The fraction of sp³-hybridized carbons (Fsp3) is 0.0588. The summed E-state index contributed by atoms with van der Waals surface area (Å²) < 4.78 is 0. The number of rotatable bonds is 5. The minimum absolute atomic E-state index is 0.105. The van der Waals surface area contributed by atoms with Crippen LogP contribution in [-0.4, -0.2) is 40.3 Å². The topological polar surface area (TPSA) is 122 Å². The molecule has 26 heavy (non-hydrogen) atoms. The fourth-order valence-electron chi connectivity index (χ4n) is 2.46. The molecule has 2 aromatic rings. The van der Waals surface area contributed by atoms with Crippen LogP contribution in [-0.2, 0) is 4.79 Å². The zero-order valence-corrected chi connectivity index (χ0v) is 13.3. The first-order valence-corrected chi connectivity index (χ1v) is 7.49. The number of imide groups is 1. The van der Waals surface area contributed by atoms with E-state index in [4.69, 9.17) is 0 Å². The van der Waals surface area contributed by atoms with Gasteiger partial charge in [0, 0.05) is 17.7 Å². The number of nitro benzene ring substituents is 1. The lowest BCUT2D eigenvalue weighted by Crippen LogP contribution is -2.38. The van der Waals surface area contributed by atoms with Gasteiger partial charge in [0.15, 0.2) is 0 Å². The summed E-state index contributed by atoms with van der Waals surface area (Å²) >= 11 is 0. The lowest BCUT2D eigenvalue weighted by Gasteiger charge is -2.11. The molecule has 0 atom stereocenters. The molecule has 0 aromatic heterocycles. The Balaban J connectivity index is 1.62. The Morgan fingerprint density at radius 3 is 2.38 bits per heavy atom. The van der Waals surface area contributed by atoms with E-state index in [0.717, 1.165) is 4.90 Å². The third-order valence-corrected chi connectivity index (χ3v) is 3.66. The maximum Gasteiger partial charge on any atom is 0.270 e. The van der Waals surface area contributed by atoms with Gasteiger partial charge in [-0.1, -0.05) is 24.3 Å². The Morgan fingerprint density at radius 1 is 1.12 bits per heavy atom. The molecule has 0 radical (unpaired) electrons. The molecule has 1 heterocycles. The molecule has 0 fully saturated rings. The van der Waals surface area contributed by atoms with Crippen molar-refractivity contribution >= 4 is 29.6 Å². The Morgan fingerprint density at radius 2 is 1.77 bits per heavy atom. The van der Waals surface area contributed by atoms with Gasteiger partial charge in [-0.2, -0.15) is 5.10 Å². The quantitative estimate of drug-likeness (QED) is 0.377. The van der Waals surface area contributed by atoms with Gasteiger partial charge in [-0.3, -0.25) is 29.4 Å². The number of carbonyl (C=O) groups is 3. The Hall–Kier alpha value is -3.88. The number of hydrazone groups is 1. The highest BCUT2D eigenvalue weighted by molar-refractivity contribution is 6.22. The molecule has 9 nitrogen and oxygen atoms in total. The fourth-order valence-corrected chi connectivity index (χ4v) is 2.46. The molecular formula is C17H12N4O5. The summed E-state index contributed by atoms with van der Waals surface area (Å²) in [5.41, 5.74) is 3.01. The molecule has 0 aliphatic carbocycles. The highest BCUT2D eigenvalue weighted by atomic mass is 16.6. The summed E-state index contributed by atoms with van der Waals surface area (Å²) in [6.45, 7) is -0.474. The number of carbonyl (C=O) groups excluding carboxylic acids is 3. The number of benzene rings is 2. The second kappa shape index (κ2) is 6.93. The van der Waals surface area contributed by atoms with Crippen molar-refractivity contribution in [3.05, 3.63) is 75.3 Å². The van der Waals surface area contributed by atoms with E-state index in [1.165, 1.54) is 36.5 Å². The number of nitrogens with one attached hydrogen (secondary N) is 1. The van der Waals surface area contributed by atoms with Gasteiger partial charge < -0.3 is 0 Å². The molecule has 0 bridgehead atoms. The van der Waals surface area contributed by atoms with E-state index in [0.29, 0.717) is 5.56 Å². The zero-order valence-electron chi connectivity index (χ0n) is 13.3. The molecule has 3 rings (SSSR count). The number of hydrogen-bond acceptors (Lipinski definition) is 6. The van der Waals surface area contributed by atoms with Crippen LogP contribution in [0.4, 0.5) is 5.69 Å². The highest BCUT2D eigenvalue weighted by Crippen LogP contribution is 2.21. The summed E-state index contributed by atoms with van der Waals surface area (Å²) in [7, 11) is 0. The third-order valence-electron chi connectivity index (χ3n) is 3.66. The van der Waals surface area contributed by atoms with E-state index in [9.17, 15) is 24.5 Å². The van der Waals surface area contributed by atoms with E-state index in [1.54, 1.807) is 18.2 Å². The van der Waals surface area contributed by atoms with Crippen molar-refractivity contribution in [3.8, 4) is 0 Å². The summed E-state index contributed by atoms with van der Waals surface area (Å²) in [4.78, 5) is 47.2. The van der Waals surface area contributed by atoms with Crippen LogP contribution < -0.4 is 5.43 Å². The minimum atomic E-state index is -0.666. The van der Waals surface area contributed by atoms with Crippen LogP contribution >= 0.6 is 0 Å². The second-order valence-electron chi connectivity index (χ2n) is 5.39. The van der Waals surface area contributed by atoms with E-state index >= 15 is 0 Å². The molecule has 9 heteroatoms. The van der Waals surface area contributed by atoms with Crippen molar-refractivity contribution < 1.29 is 19.3 Å². The van der Waals surface area contributed by atoms with Gasteiger partial charge in [-0.05, 0) is 12.1 Å². The average Bonchev–Trinajstić information content (AvgIpc) is 2.87. The third kappa shape index (κ3) is 3.31. The molecule has 3 amide bonds. The predicted octanol–water partition coefficient (Wildman–Crippen LogP) is 1.34. The molecule has 0 saturated carbocycles. The summed E-state index contributed by atoms with van der Waals surface area (Å²) in [6.07, 6.45) is 1.23. The number of non-ortho nitro benzene ring substituents is 1. The first-order chi connectivity index (χ1) is 12.5. The molecule has 1 N–H and O–H groups in total. The van der Waals surface area contributed by atoms with Crippen LogP contribution in [0.15, 0.2) is 53.6 Å². The Kier molecular flexibility index (Phi) is 4.52. The highest BCUT2D eigenvalue weighted by Gasteiger charge is 2.36. The molecule has 1 aliphatic rings. The van der Waals surface area contributed by atoms with Crippen LogP contribution in [0.25, 0.3) is 0 Å². The van der Waals surface area contributed by atoms with E-state index in [-0.39, 0.29) is 16.8 Å². The van der Waals surface area contributed by atoms with E-state index in [2.05, 4.69) is 10.5 Å². The number of nitro groups is 1.